The van der Waals surface area contributed by atoms with E-state index in [0.29, 0.717) is 6.04 Å². The topological polar surface area (TPSA) is 24.9 Å². The summed E-state index contributed by atoms with van der Waals surface area (Å²) in [5, 5.41) is 3.54. The first-order valence-corrected chi connectivity index (χ1v) is 7.02. The van der Waals surface area contributed by atoms with Gasteiger partial charge in [0.25, 0.3) is 0 Å². The van der Waals surface area contributed by atoms with Crippen LogP contribution in [0.5, 0.6) is 0 Å². The van der Waals surface area contributed by atoms with Crippen molar-refractivity contribution < 1.29 is 0 Å². The number of anilines is 1. The Morgan fingerprint density at radius 2 is 1.75 bits per heavy atom. The van der Waals surface area contributed by atoms with Gasteiger partial charge in [-0.05, 0) is 40.9 Å². The van der Waals surface area contributed by atoms with Gasteiger partial charge in [-0.3, -0.25) is 0 Å². The lowest BCUT2D eigenvalue weighted by Gasteiger charge is -2.21. The van der Waals surface area contributed by atoms with Gasteiger partial charge >= 0.3 is 0 Å². The molecular weight excluding hydrogens is 264 g/mol. The van der Waals surface area contributed by atoms with E-state index in [1.807, 2.05) is 18.3 Å². The molecule has 0 spiro atoms. The van der Waals surface area contributed by atoms with Crippen molar-refractivity contribution in [3.8, 4) is 0 Å². The molecule has 3 heteroatoms. The quantitative estimate of drug-likeness (QED) is 0.871. The van der Waals surface area contributed by atoms with Crippen molar-refractivity contribution in [2.75, 3.05) is 5.32 Å². The van der Waals surface area contributed by atoms with E-state index in [2.05, 4.69) is 26.2 Å². The van der Waals surface area contributed by atoms with E-state index in [9.17, 15) is 0 Å². The Balaban J connectivity index is 1.89. The Kier molecular flexibility index (Phi) is 4.64. The molecule has 0 amide bonds. The van der Waals surface area contributed by atoms with E-state index < -0.39 is 0 Å². The molecule has 0 aliphatic heterocycles. The van der Waals surface area contributed by atoms with Gasteiger partial charge in [-0.15, -0.1) is 0 Å². The van der Waals surface area contributed by atoms with Crippen LogP contribution < -0.4 is 5.32 Å². The molecule has 1 aromatic heterocycles. The van der Waals surface area contributed by atoms with Crippen LogP contribution in [0.4, 0.5) is 5.82 Å². The van der Waals surface area contributed by atoms with Gasteiger partial charge in [0.15, 0.2) is 0 Å². The highest BCUT2D eigenvalue weighted by molar-refractivity contribution is 9.10. The van der Waals surface area contributed by atoms with Crippen LogP contribution in [0.25, 0.3) is 0 Å². The summed E-state index contributed by atoms with van der Waals surface area (Å²) in [5.74, 6) is 1.01. The zero-order chi connectivity index (χ0) is 11.2. The number of nitrogens with zero attached hydrogens (tertiary/aromatic N) is 1. The van der Waals surface area contributed by atoms with Gasteiger partial charge in [0.05, 0.1) is 0 Å². The van der Waals surface area contributed by atoms with Gasteiger partial charge in [-0.25, -0.2) is 4.98 Å². The predicted octanol–water partition coefficient (Wildman–Crippen LogP) is 4.37. The molecule has 2 nitrogen and oxygen atoms in total. The number of hydrogen-bond acceptors (Lipinski definition) is 2. The van der Waals surface area contributed by atoms with Crippen LogP contribution in [-0.2, 0) is 0 Å². The second kappa shape index (κ2) is 6.24. The van der Waals surface area contributed by atoms with Crippen LogP contribution in [-0.4, -0.2) is 11.0 Å². The first-order chi connectivity index (χ1) is 7.84. The van der Waals surface area contributed by atoms with E-state index in [1.165, 1.54) is 44.9 Å². The first kappa shape index (κ1) is 11.9. The van der Waals surface area contributed by atoms with Crippen LogP contribution in [0.15, 0.2) is 22.8 Å². The van der Waals surface area contributed by atoms with E-state index in [4.69, 9.17) is 0 Å². The standard InChI is InChI=1S/C13H19BrN2/c14-11-8-9-13(15-10-11)16-12-6-4-2-1-3-5-7-12/h8-10,12H,1-7H2,(H,15,16). The Hall–Kier alpha value is -0.570. The molecule has 1 aliphatic rings. The lowest BCUT2D eigenvalue weighted by molar-refractivity contribution is 0.471. The van der Waals surface area contributed by atoms with Crippen LogP contribution >= 0.6 is 15.9 Å². The molecule has 0 saturated heterocycles. The van der Waals surface area contributed by atoms with Crippen LogP contribution in [0, 0.1) is 0 Å². The zero-order valence-electron chi connectivity index (χ0n) is 9.58. The maximum absolute atomic E-state index is 4.37. The lowest BCUT2D eigenvalue weighted by atomic mass is 9.97. The molecular formula is C13H19BrN2. The number of nitrogens with one attached hydrogen (secondary N) is 1. The number of rotatable bonds is 2. The molecule has 16 heavy (non-hydrogen) atoms. The van der Waals surface area contributed by atoms with Crippen molar-refractivity contribution in [2.24, 2.45) is 0 Å². The summed E-state index contributed by atoms with van der Waals surface area (Å²) in [6.07, 6.45) is 11.4. The average Bonchev–Trinajstić information content (AvgIpc) is 2.25. The van der Waals surface area contributed by atoms with Crippen molar-refractivity contribution in [3.63, 3.8) is 0 Å². The minimum absolute atomic E-state index is 0.619. The largest absolute Gasteiger partial charge is 0.367 e. The molecule has 1 fully saturated rings. The molecule has 2 rings (SSSR count). The zero-order valence-corrected chi connectivity index (χ0v) is 11.2. The second-order valence-corrected chi connectivity index (χ2v) is 5.46. The highest BCUT2D eigenvalue weighted by atomic mass is 79.9. The Bertz CT molecular complexity index is 302. The van der Waals surface area contributed by atoms with Crippen molar-refractivity contribution in [2.45, 2.75) is 51.0 Å². The average molecular weight is 283 g/mol. The highest BCUT2D eigenvalue weighted by Crippen LogP contribution is 2.20. The van der Waals surface area contributed by atoms with Gasteiger partial charge in [-0.1, -0.05) is 32.1 Å². The van der Waals surface area contributed by atoms with E-state index in [0.717, 1.165) is 10.3 Å². The maximum atomic E-state index is 4.37. The molecule has 88 valence electrons. The normalized spacial score (nSPS) is 18.8. The smallest absolute Gasteiger partial charge is 0.126 e. The first-order valence-electron chi connectivity index (χ1n) is 6.23. The van der Waals surface area contributed by atoms with E-state index in [-0.39, 0.29) is 0 Å². The molecule has 0 bridgehead atoms. The molecule has 1 aliphatic carbocycles. The third kappa shape index (κ3) is 3.78. The van der Waals surface area contributed by atoms with Crippen molar-refractivity contribution >= 4 is 21.7 Å². The number of aromatic nitrogens is 1. The van der Waals surface area contributed by atoms with E-state index in [1.54, 1.807) is 0 Å². The number of hydrogen-bond donors (Lipinski definition) is 1. The summed E-state index contributed by atoms with van der Waals surface area (Å²) in [5.41, 5.74) is 0. The van der Waals surface area contributed by atoms with Crippen molar-refractivity contribution in [3.05, 3.63) is 22.8 Å². The Labute approximate surface area is 106 Å². The predicted molar refractivity (Wildman–Crippen MR) is 71.7 cm³/mol. The summed E-state index contributed by atoms with van der Waals surface area (Å²) in [6.45, 7) is 0. The summed E-state index contributed by atoms with van der Waals surface area (Å²) < 4.78 is 1.04. The fourth-order valence-electron chi connectivity index (χ4n) is 2.27. The Morgan fingerprint density at radius 1 is 1.06 bits per heavy atom. The summed E-state index contributed by atoms with van der Waals surface area (Å²) in [7, 11) is 0. The third-order valence-corrected chi connectivity index (χ3v) is 3.65. The van der Waals surface area contributed by atoms with E-state index >= 15 is 0 Å². The van der Waals surface area contributed by atoms with Crippen molar-refractivity contribution in [1.29, 1.82) is 0 Å². The molecule has 1 saturated carbocycles. The monoisotopic (exact) mass is 282 g/mol. The molecule has 0 radical (unpaired) electrons. The molecule has 0 aromatic carbocycles. The Morgan fingerprint density at radius 3 is 2.38 bits per heavy atom. The minimum Gasteiger partial charge on any atom is -0.367 e. The van der Waals surface area contributed by atoms with Crippen LogP contribution in [0.2, 0.25) is 0 Å². The molecule has 0 atom stereocenters. The SMILES string of the molecule is Brc1ccc(NC2CCCCCCC2)nc1. The van der Waals surface area contributed by atoms with Gasteiger partial charge < -0.3 is 5.32 Å². The minimum atomic E-state index is 0.619. The highest BCUT2D eigenvalue weighted by Gasteiger charge is 2.11. The molecule has 0 unspecified atom stereocenters. The van der Waals surface area contributed by atoms with Gasteiger partial charge in [0.2, 0.25) is 0 Å². The van der Waals surface area contributed by atoms with Crippen LogP contribution in [0.1, 0.15) is 44.9 Å². The summed E-state index contributed by atoms with van der Waals surface area (Å²) in [4.78, 5) is 4.37. The second-order valence-electron chi connectivity index (χ2n) is 4.55. The third-order valence-electron chi connectivity index (χ3n) is 3.18. The van der Waals surface area contributed by atoms with Gasteiger partial charge in [-0.2, -0.15) is 0 Å². The molecule has 1 heterocycles. The van der Waals surface area contributed by atoms with Gasteiger partial charge in [0.1, 0.15) is 5.82 Å². The lowest BCUT2D eigenvalue weighted by Crippen LogP contribution is -2.21. The fraction of sp³-hybridized carbons (Fsp3) is 0.615. The summed E-state index contributed by atoms with van der Waals surface area (Å²) >= 11 is 3.40. The van der Waals surface area contributed by atoms with Gasteiger partial charge in [0, 0.05) is 16.7 Å². The van der Waals surface area contributed by atoms with Crippen molar-refractivity contribution in [1.82, 2.24) is 4.98 Å². The summed E-state index contributed by atoms with van der Waals surface area (Å²) in [6, 6.07) is 4.70. The number of pyridine rings is 1. The molecule has 1 N–H and O–H groups in total. The fourth-order valence-corrected chi connectivity index (χ4v) is 2.51. The maximum Gasteiger partial charge on any atom is 0.126 e. The molecule has 1 aromatic rings. The number of halogens is 1. The van der Waals surface area contributed by atoms with Crippen LogP contribution in [0.3, 0.4) is 0 Å².